The fourth-order valence-corrected chi connectivity index (χ4v) is 3.77. The number of furan rings is 1. The van der Waals surface area contributed by atoms with E-state index in [1.54, 1.807) is 47.4 Å². The molecule has 1 aliphatic rings. The van der Waals surface area contributed by atoms with Gasteiger partial charge >= 0.3 is 0 Å². The van der Waals surface area contributed by atoms with Crippen LogP contribution < -0.4 is 9.47 Å². The molecule has 2 aromatic carbocycles. The van der Waals surface area contributed by atoms with E-state index in [1.807, 2.05) is 18.2 Å². The highest BCUT2D eigenvalue weighted by Gasteiger charge is 2.24. The van der Waals surface area contributed by atoms with Crippen LogP contribution >= 0.6 is 11.6 Å². The number of halogens is 1. The Hall–Kier alpha value is -3.47. The SMILES string of the molecule is N#Cc1ccccc1OCc1ccc(C(=O)N2CCN(CCOc3ccccc3Cl)CC2)o1. The van der Waals surface area contributed by atoms with Crippen LogP contribution in [-0.2, 0) is 6.61 Å². The average Bonchev–Trinajstić information content (AvgIpc) is 3.33. The van der Waals surface area contributed by atoms with Gasteiger partial charge in [-0.2, -0.15) is 5.26 Å². The summed E-state index contributed by atoms with van der Waals surface area (Å²) in [6.45, 7) is 4.21. The lowest BCUT2D eigenvalue weighted by molar-refractivity contribution is 0.0586. The molecular formula is C25H24ClN3O4. The maximum atomic E-state index is 12.8. The minimum Gasteiger partial charge on any atom is -0.491 e. The molecule has 7 nitrogen and oxygen atoms in total. The van der Waals surface area contributed by atoms with Crippen LogP contribution in [0.3, 0.4) is 0 Å². The van der Waals surface area contributed by atoms with Gasteiger partial charge in [-0.25, -0.2) is 0 Å². The number of hydrogen-bond donors (Lipinski definition) is 0. The topological polar surface area (TPSA) is 78.9 Å². The summed E-state index contributed by atoms with van der Waals surface area (Å²) in [6.07, 6.45) is 0. The van der Waals surface area contributed by atoms with Crippen molar-refractivity contribution >= 4 is 17.5 Å². The number of ether oxygens (including phenoxy) is 2. The van der Waals surface area contributed by atoms with Gasteiger partial charge in [0.15, 0.2) is 5.76 Å². The molecule has 0 aliphatic carbocycles. The van der Waals surface area contributed by atoms with Gasteiger partial charge < -0.3 is 18.8 Å². The summed E-state index contributed by atoms with van der Waals surface area (Å²) in [5.74, 6) is 1.85. The minimum absolute atomic E-state index is 0.134. The Balaban J connectivity index is 1.22. The van der Waals surface area contributed by atoms with Crippen LogP contribution in [0.15, 0.2) is 65.1 Å². The first-order chi connectivity index (χ1) is 16.1. The Kier molecular flexibility index (Phi) is 7.51. The van der Waals surface area contributed by atoms with E-state index in [9.17, 15) is 4.79 Å². The summed E-state index contributed by atoms with van der Waals surface area (Å²) in [5, 5.41) is 9.75. The maximum Gasteiger partial charge on any atom is 0.289 e. The number of hydrogen-bond acceptors (Lipinski definition) is 6. The first-order valence-electron chi connectivity index (χ1n) is 10.7. The second-order valence-corrected chi connectivity index (χ2v) is 7.98. The Morgan fingerprint density at radius 3 is 2.45 bits per heavy atom. The van der Waals surface area contributed by atoms with Gasteiger partial charge in [-0.3, -0.25) is 9.69 Å². The van der Waals surface area contributed by atoms with Gasteiger partial charge in [0.05, 0.1) is 10.6 Å². The minimum atomic E-state index is -0.134. The molecule has 1 aromatic heterocycles. The number of para-hydroxylation sites is 2. The summed E-state index contributed by atoms with van der Waals surface area (Å²) in [7, 11) is 0. The normalized spacial score (nSPS) is 14.0. The first-order valence-corrected chi connectivity index (χ1v) is 11.1. The smallest absolute Gasteiger partial charge is 0.289 e. The van der Waals surface area contributed by atoms with Crippen molar-refractivity contribution in [2.75, 3.05) is 39.3 Å². The fraction of sp³-hybridized carbons (Fsp3) is 0.280. The predicted molar refractivity (Wildman–Crippen MR) is 123 cm³/mol. The molecule has 0 saturated carbocycles. The molecule has 0 bridgehead atoms. The Bertz CT molecular complexity index is 1130. The maximum absolute atomic E-state index is 12.8. The van der Waals surface area contributed by atoms with E-state index in [4.69, 9.17) is 30.8 Å². The van der Waals surface area contributed by atoms with E-state index in [0.717, 1.165) is 19.6 Å². The second-order valence-electron chi connectivity index (χ2n) is 7.58. The summed E-state index contributed by atoms with van der Waals surface area (Å²) in [6, 6.07) is 19.9. The summed E-state index contributed by atoms with van der Waals surface area (Å²) >= 11 is 6.11. The molecule has 1 amide bonds. The molecule has 0 spiro atoms. The van der Waals surface area contributed by atoms with Gasteiger partial charge in [-0.15, -0.1) is 0 Å². The largest absolute Gasteiger partial charge is 0.491 e. The third kappa shape index (κ3) is 5.86. The van der Waals surface area contributed by atoms with Gasteiger partial charge in [0.2, 0.25) is 0 Å². The molecule has 1 saturated heterocycles. The van der Waals surface area contributed by atoms with E-state index in [-0.39, 0.29) is 18.3 Å². The highest BCUT2D eigenvalue weighted by Crippen LogP contribution is 2.23. The van der Waals surface area contributed by atoms with Gasteiger partial charge in [-0.1, -0.05) is 35.9 Å². The van der Waals surface area contributed by atoms with Crippen molar-refractivity contribution in [2.45, 2.75) is 6.61 Å². The molecule has 4 rings (SSSR count). The van der Waals surface area contributed by atoms with Crippen LogP contribution in [0.1, 0.15) is 21.9 Å². The average molecular weight is 466 g/mol. The van der Waals surface area contributed by atoms with Crippen molar-refractivity contribution < 1.29 is 18.7 Å². The van der Waals surface area contributed by atoms with E-state index < -0.39 is 0 Å². The van der Waals surface area contributed by atoms with Crippen molar-refractivity contribution in [3.05, 3.63) is 82.8 Å². The van der Waals surface area contributed by atoms with Crippen molar-refractivity contribution in [3.8, 4) is 17.6 Å². The predicted octanol–water partition coefficient (Wildman–Crippen LogP) is 4.22. The number of piperazine rings is 1. The van der Waals surface area contributed by atoms with E-state index in [0.29, 0.717) is 47.5 Å². The van der Waals surface area contributed by atoms with E-state index in [2.05, 4.69) is 11.0 Å². The van der Waals surface area contributed by atoms with Gasteiger partial charge in [0.25, 0.3) is 5.91 Å². The lowest BCUT2D eigenvalue weighted by Crippen LogP contribution is -2.49. The molecule has 2 heterocycles. The summed E-state index contributed by atoms with van der Waals surface area (Å²) in [4.78, 5) is 16.9. The van der Waals surface area contributed by atoms with E-state index in [1.165, 1.54) is 0 Å². The molecule has 3 aromatic rings. The zero-order valence-corrected chi connectivity index (χ0v) is 18.8. The quantitative estimate of drug-likeness (QED) is 0.495. The Morgan fingerprint density at radius 1 is 0.970 bits per heavy atom. The molecule has 33 heavy (non-hydrogen) atoms. The molecule has 1 fully saturated rings. The summed E-state index contributed by atoms with van der Waals surface area (Å²) < 4.78 is 17.1. The number of benzene rings is 2. The van der Waals surface area contributed by atoms with Gasteiger partial charge in [0, 0.05) is 32.7 Å². The number of amides is 1. The molecule has 0 unspecified atom stereocenters. The second kappa shape index (κ2) is 10.9. The highest BCUT2D eigenvalue weighted by atomic mass is 35.5. The van der Waals surface area contributed by atoms with Gasteiger partial charge in [-0.05, 0) is 36.4 Å². The fourth-order valence-electron chi connectivity index (χ4n) is 3.58. The molecular weight excluding hydrogens is 442 g/mol. The van der Waals surface area contributed by atoms with Crippen LogP contribution in [0.25, 0.3) is 0 Å². The number of nitrogens with zero attached hydrogens (tertiary/aromatic N) is 3. The summed E-state index contributed by atoms with van der Waals surface area (Å²) in [5.41, 5.74) is 0.454. The zero-order valence-electron chi connectivity index (χ0n) is 18.1. The number of carbonyl (C=O) groups is 1. The molecule has 0 atom stereocenters. The van der Waals surface area contributed by atoms with Gasteiger partial charge in [0.1, 0.15) is 36.5 Å². The number of rotatable bonds is 8. The van der Waals surface area contributed by atoms with E-state index >= 15 is 0 Å². The molecule has 170 valence electrons. The monoisotopic (exact) mass is 465 g/mol. The van der Waals surface area contributed by atoms with Crippen LogP contribution in [0, 0.1) is 11.3 Å². The van der Waals surface area contributed by atoms with Crippen molar-refractivity contribution in [2.24, 2.45) is 0 Å². The molecule has 1 aliphatic heterocycles. The highest BCUT2D eigenvalue weighted by molar-refractivity contribution is 6.32. The molecule has 8 heteroatoms. The third-order valence-corrected chi connectivity index (χ3v) is 5.72. The lowest BCUT2D eigenvalue weighted by Gasteiger charge is -2.34. The number of carbonyl (C=O) groups excluding carboxylic acids is 1. The van der Waals surface area contributed by atoms with Crippen LogP contribution in [0.4, 0.5) is 0 Å². The molecule has 0 N–H and O–H groups in total. The van der Waals surface area contributed by atoms with Crippen molar-refractivity contribution in [1.82, 2.24) is 9.80 Å². The number of nitriles is 1. The molecule has 0 radical (unpaired) electrons. The van der Waals surface area contributed by atoms with Crippen LogP contribution in [-0.4, -0.2) is 55.0 Å². The van der Waals surface area contributed by atoms with Crippen molar-refractivity contribution in [1.29, 1.82) is 5.26 Å². The Labute approximate surface area is 197 Å². The standard InChI is InChI=1S/C25H24ClN3O4/c26-21-6-2-4-8-23(21)31-16-15-28-11-13-29(14-12-28)25(30)24-10-9-20(33-24)18-32-22-7-3-1-5-19(22)17-27/h1-10H,11-16,18H2. The van der Waals surface area contributed by atoms with Crippen LogP contribution in [0.2, 0.25) is 5.02 Å². The zero-order chi connectivity index (χ0) is 23.0. The lowest BCUT2D eigenvalue weighted by atomic mass is 10.2. The van der Waals surface area contributed by atoms with Crippen LogP contribution in [0.5, 0.6) is 11.5 Å². The Morgan fingerprint density at radius 2 is 1.70 bits per heavy atom. The third-order valence-electron chi connectivity index (χ3n) is 5.41. The van der Waals surface area contributed by atoms with Crippen molar-refractivity contribution in [3.63, 3.8) is 0 Å². The first kappa shape index (κ1) is 22.7.